The summed E-state index contributed by atoms with van der Waals surface area (Å²) in [5, 5.41) is 0. The molecule has 1 heterocycles. The molecule has 1 aliphatic rings. The number of fused-ring (bicyclic) bond motifs is 1. The van der Waals surface area contributed by atoms with Gasteiger partial charge in [0.1, 0.15) is 6.04 Å². The number of hydrogen-bond acceptors (Lipinski definition) is 4. The van der Waals surface area contributed by atoms with Gasteiger partial charge in [-0.1, -0.05) is 18.2 Å². The summed E-state index contributed by atoms with van der Waals surface area (Å²) in [6, 6.07) is 6.29. The van der Waals surface area contributed by atoms with Crippen LogP contribution in [0.1, 0.15) is 5.56 Å². The van der Waals surface area contributed by atoms with Crippen molar-refractivity contribution in [3.8, 4) is 0 Å². The molecule has 0 radical (unpaired) electrons. The van der Waals surface area contributed by atoms with Crippen molar-refractivity contribution in [1.82, 2.24) is 0 Å². The number of benzene rings is 1. The van der Waals surface area contributed by atoms with E-state index < -0.39 is 22.0 Å². The van der Waals surface area contributed by atoms with Gasteiger partial charge in [0, 0.05) is 6.42 Å². The van der Waals surface area contributed by atoms with Gasteiger partial charge in [0.2, 0.25) is 10.0 Å². The Bertz CT molecular complexity index is 608. The number of rotatable bonds is 2. The maximum atomic E-state index is 11.7. The van der Waals surface area contributed by atoms with Crippen LogP contribution in [0.5, 0.6) is 0 Å². The zero-order valence-electron chi connectivity index (χ0n) is 11.2. The molecule has 1 atom stereocenters. The quantitative estimate of drug-likeness (QED) is 0.355. The van der Waals surface area contributed by atoms with Crippen molar-refractivity contribution < 1.29 is 22.9 Å². The molecule has 2 rings (SSSR count). The monoisotopic (exact) mass is 687 g/mol. The van der Waals surface area contributed by atoms with E-state index >= 15 is 0 Å². The van der Waals surface area contributed by atoms with E-state index in [0.29, 0.717) is 12.1 Å². The molecule has 1 aliphatic heterocycles. The second-order valence-electron chi connectivity index (χ2n) is 4.12. The van der Waals surface area contributed by atoms with E-state index in [1.165, 1.54) is 7.11 Å². The molecule has 0 amide bonds. The molecule has 118 valence electrons. The van der Waals surface area contributed by atoms with E-state index in [0.717, 1.165) is 16.1 Å². The van der Waals surface area contributed by atoms with Crippen molar-refractivity contribution in [3.05, 3.63) is 29.8 Å². The molecule has 0 bridgehead atoms. The molecule has 0 fully saturated rings. The Morgan fingerprint density at radius 1 is 1.33 bits per heavy atom. The third-order valence-corrected chi connectivity index (χ3v) is 3.92. The first-order valence-corrected chi connectivity index (χ1v) is 21.0. The van der Waals surface area contributed by atoms with Gasteiger partial charge in [0.15, 0.2) is 0 Å². The van der Waals surface area contributed by atoms with Gasteiger partial charge < -0.3 is 4.74 Å². The van der Waals surface area contributed by atoms with Crippen molar-refractivity contribution in [2.24, 2.45) is 0 Å². The second kappa shape index (κ2) is 8.90. The number of halogens is 3. The number of methoxy groups -OCH3 is 1. The summed E-state index contributed by atoms with van der Waals surface area (Å²) in [7, 11) is -2.23. The number of anilines is 1. The first-order valence-electron chi connectivity index (χ1n) is 5.61. The summed E-state index contributed by atoms with van der Waals surface area (Å²) in [4.78, 5) is 11.3. The predicted molar refractivity (Wildman–Crippen MR) is 105 cm³/mol. The van der Waals surface area contributed by atoms with Gasteiger partial charge in [0.25, 0.3) is 0 Å². The summed E-state index contributed by atoms with van der Waals surface area (Å²) in [5.74, 6) is -0.536. The zero-order valence-corrected chi connectivity index (χ0v) is 19.8. The van der Waals surface area contributed by atoms with Crippen LogP contribution in [0.2, 0.25) is 0 Å². The number of carbonyl (C=O) groups excluding carboxylic acids is 1. The van der Waals surface area contributed by atoms with Crippen LogP contribution < -0.4 is 4.31 Å². The van der Waals surface area contributed by atoms with Crippen molar-refractivity contribution >= 4 is 81.6 Å². The zero-order chi connectivity index (χ0) is 16.2. The van der Waals surface area contributed by atoms with Crippen molar-refractivity contribution in [3.63, 3.8) is 0 Å². The Kier molecular flexibility index (Phi) is 8.58. The van der Waals surface area contributed by atoms with E-state index in [1.807, 2.05) is 12.1 Å². The molecule has 0 aromatic heterocycles. The molecular weight excluding hydrogens is 674 g/mol. The topological polar surface area (TPSA) is 63.7 Å². The molecule has 5 nitrogen and oxygen atoms in total. The number of nitrogens with zero attached hydrogens (tertiary/aromatic N) is 1. The average Bonchev–Trinajstić information content (AvgIpc) is 2.76. The van der Waals surface area contributed by atoms with Crippen molar-refractivity contribution in [1.29, 1.82) is 0 Å². The van der Waals surface area contributed by atoms with Crippen LogP contribution in [-0.4, -0.2) is 33.8 Å². The van der Waals surface area contributed by atoms with Crippen LogP contribution in [0.3, 0.4) is 0 Å². The van der Waals surface area contributed by atoms with E-state index in [-0.39, 0.29) is 4.92 Å². The van der Waals surface area contributed by atoms with Crippen molar-refractivity contribution in [2.45, 2.75) is 12.5 Å². The average molecular weight is 687 g/mol. The van der Waals surface area contributed by atoms with Crippen LogP contribution in [-0.2, 0) is 30.9 Å². The Morgan fingerprint density at radius 2 is 1.86 bits per heavy atom. The Morgan fingerprint density at radius 3 is 2.33 bits per heavy atom. The van der Waals surface area contributed by atoms with Crippen LogP contribution in [0.15, 0.2) is 24.3 Å². The predicted octanol–water partition coefficient (Wildman–Crippen LogP) is 3.20. The van der Waals surface area contributed by atoms with E-state index in [1.54, 1.807) is 12.1 Å². The molecule has 1 unspecified atom stereocenters. The number of sulfonamides is 1. The molecule has 10 heteroatoms. The van der Waals surface area contributed by atoms with Gasteiger partial charge in [0.05, 0.1) is 19.1 Å². The summed E-state index contributed by atoms with van der Waals surface area (Å²) in [6.07, 6.45) is 1.45. The van der Waals surface area contributed by atoms with E-state index in [9.17, 15) is 13.2 Å². The van der Waals surface area contributed by atoms with Crippen LogP contribution in [0.25, 0.3) is 0 Å². The Labute approximate surface area is 162 Å². The third kappa shape index (κ3) is 5.97. The third-order valence-electron chi connectivity index (χ3n) is 2.76. The molecular formula is C11H13I3NO4SV. The summed E-state index contributed by atoms with van der Waals surface area (Å²) in [6.45, 7) is 0. The minimum absolute atomic E-state index is 0.278. The fraction of sp³-hybridized carbons (Fsp3) is 0.364. The summed E-state index contributed by atoms with van der Waals surface area (Å²) < 4.78 is 29.3. The number of ether oxygens (including phenoxy) is 1. The molecule has 0 saturated carbocycles. The fourth-order valence-corrected chi connectivity index (χ4v) is 3.24. The molecule has 0 spiro atoms. The molecule has 21 heavy (non-hydrogen) atoms. The Balaban J connectivity index is 0.000000491. The van der Waals surface area contributed by atoms with Gasteiger partial charge in [-0.25, -0.2) is 13.2 Å². The number of carbonyl (C=O) groups is 1. The standard InChI is InChI=1S/C11H13NO4S.3HI.V/c1-16-11(13)10-7-8-5-3-4-6-9(8)12(10)17(2,14)15;;;;/h3-6,10H,7H2,1-2H3;3*1H;/q;;;;+3/p-3. The molecule has 1 aromatic carbocycles. The second-order valence-corrected chi connectivity index (χ2v) is 41.4. The summed E-state index contributed by atoms with van der Waals surface area (Å²) >= 11 is 7.39. The van der Waals surface area contributed by atoms with Crippen molar-refractivity contribution in [2.75, 3.05) is 17.7 Å². The van der Waals surface area contributed by atoms with Crippen LogP contribution >= 0.6 is 59.9 Å². The van der Waals surface area contributed by atoms with E-state index in [4.69, 9.17) is 0 Å². The SMILES string of the molecule is COC(=O)C1Cc2ccccc2N1S(C)(=O)=O.[I][V]([I])[I]. The Hall–Kier alpha value is 1.21. The molecule has 1 aromatic rings. The first-order chi connectivity index (χ1) is 9.68. The number of para-hydroxylation sites is 1. The fourth-order valence-electron chi connectivity index (χ4n) is 2.08. The van der Waals surface area contributed by atoms with Crippen LogP contribution in [0.4, 0.5) is 5.69 Å². The number of esters is 1. The summed E-state index contributed by atoms with van der Waals surface area (Å²) in [5.41, 5.74) is 1.40. The minimum atomic E-state index is -3.49. The molecule has 0 saturated heterocycles. The van der Waals surface area contributed by atoms with E-state index in [2.05, 4.69) is 64.7 Å². The van der Waals surface area contributed by atoms with Gasteiger partial charge in [-0.2, -0.15) is 0 Å². The van der Waals surface area contributed by atoms with Gasteiger partial charge in [-0.05, 0) is 11.6 Å². The van der Waals surface area contributed by atoms with Gasteiger partial charge >= 0.3 is 70.8 Å². The normalized spacial score (nSPS) is 17.0. The maximum absolute atomic E-state index is 11.7. The van der Waals surface area contributed by atoms with Crippen LogP contribution in [0, 0.1) is 0 Å². The number of hydrogen-bond donors (Lipinski definition) is 0. The first kappa shape index (κ1) is 20.3. The molecule has 0 aliphatic carbocycles. The molecule has 0 N–H and O–H groups in total. The van der Waals surface area contributed by atoms with Gasteiger partial charge in [-0.3, -0.25) is 4.31 Å². The van der Waals surface area contributed by atoms with Gasteiger partial charge in [-0.15, -0.1) is 0 Å².